The van der Waals surface area contributed by atoms with Gasteiger partial charge in [-0.25, -0.2) is 4.68 Å². The zero-order chi connectivity index (χ0) is 16.7. The van der Waals surface area contributed by atoms with E-state index in [1.54, 1.807) is 7.11 Å². The molecule has 0 unspecified atom stereocenters. The molecular formula is C17H22N4O2S. The SMILES string of the molecule is COC[C@H]1c2nnn(CC3CC3)c2CCN1C(=O)c1sccc1C. The molecule has 2 aromatic heterocycles. The normalized spacial score (nSPS) is 20.2. The number of nitrogens with zero attached hydrogens (tertiary/aromatic N) is 4. The molecule has 1 amide bonds. The van der Waals surface area contributed by atoms with Crippen molar-refractivity contribution in [1.29, 1.82) is 0 Å². The van der Waals surface area contributed by atoms with E-state index in [9.17, 15) is 4.79 Å². The molecule has 1 aliphatic carbocycles. The summed E-state index contributed by atoms with van der Waals surface area (Å²) in [6, 6.07) is 1.84. The summed E-state index contributed by atoms with van der Waals surface area (Å²) in [5.74, 6) is 0.831. The van der Waals surface area contributed by atoms with Gasteiger partial charge >= 0.3 is 0 Å². The molecule has 0 radical (unpaired) electrons. The predicted molar refractivity (Wildman–Crippen MR) is 91.2 cm³/mol. The van der Waals surface area contributed by atoms with Crippen molar-refractivity contribution in [1.82, 2.24) is 19.9 Å². The number of carbonyl (C=O) groups excluding carboxylic acids is 1. The van der Waals surface area contributed by atoms with Gasteiger partial charge < -0.3 is 9.64 Å². The van der Waals surface area contributed by atoms with Crippen molar-refractivity contribution in [2.45, 2.75) is 38.8 Å². The summed E-state index contributed by atoms with van der Waals surface area (Å²) in [5.41, 5.74) is 3.12. The van der Waals surface area contributed by atoms with Crippen molar-refractivity contribution in [3.05, 3.63) is 33.3 Å². The largest absolute Gasteiger partial charge is 0.382 e. The number of rotatable bonds is 5. The van der Waals surface area contributed by atoms with Gasteiger partial charge in [0.15, 0.2) is 0 Å². The van der Waals surface area contributed by atoms with E-state index in [4.69, 9.17) is 4.74 Å². The highest BCUT2D eigenvalue weighted by Gasteiger charge is 2.36. The minimum Gasteiger partial charge on any atom is -0.382 e. The van der Waals surface area contributed by atoms with Crippen LogP contribution in [0.2, 0.25) is 0 Å². The lowest BCUT2D eigenvalue weighted by atomic mass is 10.0. The number of carbonyl (C=O) groups is 1. The second-order valence-corrected chi connectivity index (χ2v) is 7.62. The lowest BCUT2D eigenvalue weighted by Crippen LogP contribution is -2.42. The molecule has 4 rings (SSSR count). The van der Waals surface area contributed by atoms with E-state index in [0.717, 1.165) is 35.0 Å². The maximum Gasteiger partial charge on any atom is 0.264 e. The molecule has 1 saturated carbocycles. The van der Waals surface area contributed by atoms with Gasteiger partial charge in [0.2, 0.25) is 0 Å². The van der Waals surface area contributed by atoms with Gasteiger partial charge in [-0.1, -0.05) is 5.21 Å². The van der Waals surface area contributed by atoms with Crippen LogP contribution in [0.1, 0.15) is 45.5 Å². The Morgan fingerprint density at radius 1 is 1.46 bits per heavy atom. The lowest BCUT2D eigenvalue weighted by Gasteiger charge is -2.34. The number of ether oxygens (including phenoxy) is 1. The highest BCUT2D eigenvalue weighted by atomic mass is 32.1. The molecule has 24 heavy (non-hydrogen) atoms. The third-order valence-electron chi connectivity index (χ3n) is 4.92. The first kappa shape index (κ1) is 15.8. The summed E-state index contributed by atoms with van der Waals surface area (Å²) < 4.78 is 7.45. The van der Waals surface area contributed by atoms with E-state index in [2.05, 4.69) is 10.3 Å². The molecule has 7 heteroatoms. The van der Waals surface area contributed by atoms with Gasteiger partial charge in [-0.3, -0.25) is 4.79 Å². The number of aryl methyl sites for hydroxylation is 1. The van der Waals surface area contributed by atoms with Crippen LogP contribution >= 0.6 is 11.3 Å². The number of amides is 1. The maximum atomic E-state index is 13.0. The average molecular weight is 346 g/mol. The Morgan fingerprint density at radius 2 is 2.29 bits per heavy atom. The topological polar surface area (TPSA) is 60.3 Å². The van der Waals surface area contributed by atoms with Crippen LogP contribution in [0.15, 0.2) is 11.4 Å². The summed E-state index contributed by atoms with van der Waals surface area (Å²) in [7, 11) is 1.67. The highest BCUT2D eigenvalue weighted by molar-refractivity contribution is 7.12. The first-order chi connectivity index (χ1) is 11.7. The fourth-order valence-electron chi connectivity index (χ4n) is 3.38. The van der Waals surface area contributed by atoms with Crippen LogP contribution in [0.4, 0.5) is 0 Å². The van der Waals surface area contributed by atoms with E-state index in [1.807, 2.05) is 28.0 Å². The van der Waals surface area contributed by atoms with Gasteiger partial charge in [0.05, 0.1) is 17.2 Å². The van der Waals surface area contributed by atoms with Crippen LogP contribution in [0.3, 0.4) is 0 Å². The summed E-state index contributed by atoms with van der Waals surface area (Å²) in [4.78, 5) is 15.7. The molecule has 6 nitrogen and oxygen atoms in total. The molecule has 0 spiro atoms. The van der Waals surface area contributed by atoms with E-state index in [1.165, 1.54) is 29.9 Å². The predicted octanol–water partition coefficient (Wildman–Crippen LogP) is 2.44. The Balaban J connectivity index is 1.63. The van der Waals surface area contributed by atoms with Gasteiger partial charge in [0.25, 0.3) is 5.91 Å². The number of methoxy groups -OCH3 is 1. The number of aromatic nitrogens is 3. The summed E-state index contributed by atoms with van der Waals surface area (Å²) in [6.45, 7) is 4.08. The van der Waals surface area contributed by atoms with Crippen LogP contribution < -0.4 is 0 Å². The molecule has 1 aliphatic heterocycles. The highest BCUT2D eigenvalue weighted by Crippen LogP contribution is 2.34. The number of hydrogen-bond acceptors (Lipinski definition) is 5. The maximum absolute atomic E-state index is 13.0. The minimum absolute atomic E-state index is 0.0759. The molecule has 0 aromatic carbocycles. The molecule has 0 bridgehead atoms. The first-order valence-electron chi connectivity index (χ1n) is 8.45. The van der Waals surface area contributed by atoms with Crippen molar-refractivity contribution in [3.63, 3.8) is 0 Å². The Kier molecular flexibility index (Phi) is 4.14. The van der Waals surface area contributed by atoms with E-state index < -0.39 is 0 Å². The van der Waals surface area contributed by atoms with E-state index in [-0.39, 0.29) is 11.9 Å². The smallest absolute Gasteiger partial charge is 0.264 e. The van der Waals surface area contributed by atoms with Gasteiger partial charge in [0, 0.05) is 26.6 Å². The molecule has 0 N–H and O–H groups in total. The third kappa shape index (κ3) is 2.75. The van der Waals surface area contributed by atoms with Gasteiger partial charge in [-0.15, -0.1) is 16.4 Å². The standard InChI is InChI=1S/C17H22N4O2S/c1-11-6-8-24-16(11)17(22)20-7-5-13-15(14(20)10-23-2)18-19-21(13)9-12-3-4-12/h6,8,12,14H,3-5,7,9-10H2,1-2H3/t14-/m0/s1. The van der Waals surface area contributed by atoms with Crippen molar-refractivity contribution < 1.29 is 9.53 Å². The van der Waals surface area contributed by atoms with Gasteiger partial charge in [-0.2, -0.15) is 0 Å². The van der Waals surface area contributed by atoms with Crippen LogP contribution in [-0.2, 0) is 17.7 Å². The summed E-state index contributed by atoms with van der Waals surface area (Å²) >= 11 is 1.50. The van der Waals surface area contributed by atoms with Gasteiger partial charge in [-0.05, 0) is 42.7 Å². The average Bonchev–Trinajstić information content (AvgIpc) is 3.14. The van der Waals surface area contributed by atoms with Crippen molar-refractivity contribution in [3.8, 4) is 0 Å². The number of fused-ring (bicyclic) bond motifs is 1. The molecule has 1 fully saturated rings. The number of thiophene rings is 1. The summed E-state index contributed by atoms with van der Waals surface area (Å²) in [5, 5.41) is 10.7. The minimum atomic E-state index is -0.152. The Morgan fingerprint density at radius 3 is 2.96 bits per heavy atom. The van der Waals surface area contributed by atoms with E-state index >= 15 is 0 Å². The monoisotopic (exact) mass is 346 g/mol. The Bertz CT molecular complexity index is 750. The molecule has 3 heterocycles. The molecule has 1 atom stereocenters. The zero-order valence-electron chi connectivity index (χ0n) is 14.1. The molecular weight excluding hydrogens is 324 g/mol. The summed E-state index contributed by atoms with van der Waals surface area (Å²) in [6.07, 6.45) is 3.39. The van der Waals surface area contributed by atoms with Crippen molar-refractivity contribution in [2.75, 3.05) is 20.3 Å². The molecule has 0 saturated heterocycles. The first-order valence-corrected chi connectivity index (χ1v) is 9.33. The van der Waals surface area contributed by atoms with Crippen LogP contribution in [0.5, 0.6) is 0 Å². The fourth-order valence-corrected chi connectivity index (χ4v) is 4.26. The van der Waals surface area contributed by atoms with Crippen molar-refractivity contribution >= 4 is 17.2 Å². The van der Waals surface area contributed by atoms with Crippen LogP contribution in [-0.4, -0.2) is 46.1 Å². The Labute approximate surface area is 145 Å². The van der Waals surface area contributed by atoms with Crippen LogP contribution in [0.25, 0.3) is 0 Å². The second kappa shape index (κ2) is 6.29. The molecule has 2 aliphatic rings. The molecule has 2 aromatic rings. The molecule has 128 valence electrons. The van der Waals surface area contributed by atoms with Gasteiger partial charge in [0.1, 0.15) is 11.7 Å². The second-order valence-electron chi connectivity index (χ2n) is 6.70. The fraction of sp³-hybridized carbons (Fsp3) is 0.588. The quantitative estimate of drug-likeness (QED) is 0.834. The zero-order valence-corrected chi connectivity index (χ0v) is 14.9. The Hall–Kier alpha value is -1.73. The van der Waals surface area contributed by atoms with E-state index in [0.29, 0.717) is 13.2 Å². The lowest BCUT2D eigenvalue weighted by molar-refractivity contribution is 0.0494. The van der Waals surface area contributed by atoms with Crippen molar-refractivity contribution in [2.24, 2.45) is 5.92 Å². The van der Waals surface area contributed by atoms with Crippen LogP contribution in [0, 0.1) is 12.8 Å². The third-order valence-corrected chi connectivity index (χ3v) is 5.92. The number of hydrogen-bond donors (Lipinski definition) is 0.